The Kier molecular flexibility index (Phi) is 4.53. The predicted molar refractivity (Wildman–Crippen MR) is 72.0 cm³/mol. The Hall–Kier alpha value is -2.00. The molecular formula is C12H11F3N4OS. The highest BCUT2D eigenvalue weighted by Gasteiger charge is 2.33. The lowest BCUT2D eigenvalue weighted by atomic mass is 10.3. The number of halogens is 3. The first-order valence-corrected chi connectivity index (χ1v) is 6.49. The lowest BCUT2D eigenvalue weighted by Gasteiger charge is -2.11. The molecule has 2 rings (SSSR count). The van der Waals surface area contributed by atoms with Gasteiger partial charge in [0, 0.05) is 6.07 Å². The van der Waals surface area contributed by atoms with Crippen LogP contribution in [0, 0.1) is 0 Å². The minimum atomic E-state index is -4.58. The summed E-state index contributed by atoms with van der Waals surface area (Å²) in [4.78, 5) is 7.82. The summed E-state index contributed by atoms with van der Waals surface area (Å²) in [5, 5.41) is 0.106. The molecule has 0 aliphatic carbocycles. The quantitative estimate of drug-likeness (QED) is 0.513. The lowest BCUT2D eigenvalue weighted by Crippen LogP contribution is -2.15. The van der Waals surface area contributed by atoms with Gasteiger partial charge < -0.3 is 4.74 Å². The monoisotopic (exact) mass is 316 g/mol. The largest absolute Gasteiger partial charge is 0.496 e. The minimum absolute atomic E-state index is 0.106. The Bertz CT molecular complexity index is 636. The zero-order chi connectivity index (χ0) is 15.5. The molecule has 1 aromatic carbocycles. The fraction of sp³-hybridized carbons (Fsp3) is 0.167. The van der Waals surface area contributed by atoms with Crippen molar-refractivity contribution >= 4 is 17.7 Å². The summed E-state index contributed by atoms with van der Waals surface area (Å²) in [7, 11) is 1.48. The minimum Gasteiger partial charge on any atom is -0.496 e. The van der Waals surface area contributed by atoms with E-state index >= 15 is 0 Å². The van der Waals surface area contributed by atoms with Crippen LogP contribution in [0.5, 0.6) is 5.75 Å². The SMILES string of the molecule is COc1ccccc1Sc1cc(C(F)(F)F)nc(NN)n1. The summed E-state index contributed by atoms with van der Waals surface area (Å²) in [6.07, 6.45) is -4.58. The first-order chi connectivity index (χ1) is 9.94. The topological polar surface area (TPSA) is 73.1 Å². The van der Waals surface area contributed by atoms with Crippen molar-refractivity contribution in [1.29, 1.82) is 0 Å². The van der Waals surface area contributed by atoms with E-state index in [2.05, 4.69) is 9.97 Å². The molecule has 0 bridgehead atoms. The van der Waals surface area contributed by atoms with Crippen LogP contribution in [0.15, 0.2) is 40.3 Å². The number of ether oxygens (including phenoxy) is 1. The Morgan fingerprint density at radius 1 is 1.24 bits per heavy atom. The van der Waals surface area contributed by atoms with Crippen LogP contribution < -0.4 is 16.0 Å². The van der Waals surface area contributed by atoms with Gasteiger partial charge in [0.15, 0.2) is 5.69 Å². The molecule has 21 heavy (non-hydrogen) atoms. The number of methoxy groups -OCH3 is 1. The van der Waals surface area contributed by atoms with Gasteiger partial charge in [0.1, 0.15) is 10.8 Å². The Morgan fingerprint density at radius 2 is 1.95 bits per heavy atom. The third kappa shape index (κ3) is 3.76. The zero-order valence-electron chi connectivity index (χ0n) is 10.8. The van der Waals surface area contributed by atoms with E-state index in [0.29, 0.717) is 10.6 Å². The molecule has 3 N–H and O–H groups in total. The predicted octanol–water partition coefficient (Wildman–Crippen LogP) is 2.94. The maximum Gasteiger partial charge on any atom is 0.433 e. The van der Waals surface area contributed by atoms with E-state index < -0.39 is 11.9 Å². The average Bonchev–Trinajstić information content (AvgIpc) is 2.46. The van der Waals surface area contributed by atoms with E-state index in [9.17, 15) is 13.2 Å². The molecule has 1 heterocycles. The standard InChI is InChI=1S/C12H11F3N4OS/c1-20-7-4-2-3-5-8(7)21-10-6-9(12(13,14)15)17-11(18-10)19-16/h2-6H,16H2,1H3,(H,17,18,19). The molecule has 0 aliphatic rings. The zero-order valence-corrected chi connectivity index (χ0v) is 11.6. The second kappa shape index (κ2) is 6.19. The Balaban J connectivity index is 2.39. The van der Waals surface area contributed by atoms with Gasteiger partial charge in [-0.1, -0.05) is 23.9 Å². The number of nitrogens with zero attached hydrogens (tertiary/aromatic N) is 2. The van der Waals surface area contributed by atoms with Gasteiger partial charge in [0.05, 0.1) is 12.0 Å². The summed E-state index contributed by atoms with van der Waals surface area (Å²) in [5.74, 6) is 5.34. The number of benzene rings is 1. The summed E-state index contributed by atoms with van der Waals surface area (Å²) in [5.41, 5.74) is 0.961. The van der Waals surface area contributed by atoms with Crippen molar-refractivity contribution in [1.82, 2.24) is 9.97 Å². The third-order valence-corrected chi connectivity index (χ3v) is 3.38. The van der Waals surface area contributed by atoms with E-state index in [1.807, 2.05) is 5.43 Å². The van der Waals surface area contributed by atoms with Crippen LogP contribution in [0.25, 0.3) is 0 Å². The highest BCUT2D eigenvalue weighted by molar-refractivity contribution is 7.99. The third-order valence-electron chi connectivity index (χ3n) is 2.41. The van der Waals surface area contributed by atoms with Crippen LogP contribution in [0.4, 0.5) is 19.1 Å². The van der Waals surface area contributed by atoms with Crippen molar-refractivity contribution < 1.29 is 17.9 Å². The molecule has 5 nitrogen and oxygen atoms in total. The van der Waals surface area contributed by atoms with Crippen LogP contribution in [0.2, 0.25) is 0 Å². The molecule has 0 saturated heterocycles. The van der Waals surface area contributed by atoms with Crippen molar-refractivity contribution in [3.05, 3.63) is 36.0 Å². The normalized spacial score (nSPS) is 11.3. The first-order valence-electron chi connectivity index (χ1n) is 5.68. The molecule has 1 aromatic heterocycles. The summed E-state index contributed by atoms with van der Waals surface area (Å²) in [6, 6.07) is 7.79. The number of para-hydroxylation sites is 1. The van der Waals surface area contributed by atoms with Crippen LogP contribution >= 0.6 is 11.8 Å². The van der Waals surface area contributed by atoms with Gasteiger partial charge in [-0.25, -0.2) is 15.8 Å². The number of hydrogen-bond acceptors (Lipinski definition) is 6. The van der Waals surface area contributed by atoms with Gasteiger partial charge >= 0.3 is 6.18 Å². The lowest BCUT2D eigenvalue weighted by molar-refractivity contribution is -0.141. The van der Waals surface area contributed by atoms with E-state index in [1.165, 1.54) is 7.11 Å². The van der Waals surface area contributed by atoms with E-state index in [-0.39, 0.29) is 11.0 Å². The molecular weight excluding hydrogens is 305 g/mol. The maximum absolute atomic E-state index is 12.8. The highest BCUT2D eigenvalue weighted by atomic mass is 32.2. The number of aromatic nitrogens is 2. The molecule has 0 spiro atoms. The number of nitrogens with one attached hydrogen (secondary N) is 1. The molecule has 0 radical (unpaired) electrons. The van der Waals surface area contributed by atoms with E-state index in [1.54, 1.807) is 24.3 Å². The van der Waals surface area contributed by atoms with Crippen molar-refractivity contribution in [2.24, 2.45) is 5.84 Å². The van der Waals surface area contributed by atoms with Crippen molar-refractivity contribution in [2.45, 2.75) is 16.1 Å². The van der Waals surface area contributed by atoms with Crippen LogP contribution in [-0.4, -0.2) is 17.1 Å². The molecule has 9 heteroatoms. The molecule has 0 atom stereocenters. The summed E-state index contributed by atoms with van der Waals surface area (Å²) < 4.78 is 43.5. The Morgan fingerprint density at radius 3 is 2.57 bits per heavy atom. The van der Waals surface area contributed by atoms with Crippen molar-refractivity contribution in [3.8, 4) is 5.75 Å². The second-order valence-corrected chi connectivity index (χ2v) is 4.87. The molecule has 0 amide bonds. The van der Waals surface area contributed by atoms with Crippen LogP contribution in [0.1, 0.15) is 5.69 Å². The molecule has 0 fully saturated rings. The highest BCUT2D eigenvalue weighted by Crippen LogP contribution is 2.36. The van der Waals surface area contributed by atoms with Crippen LogP contribution in [-0.2, 0) is 6.18 Å². The van der Waals surface area contributed by atoms with E-state index in [4.69, 9.17) is 10.6 Å². The summed E-state index contributed by atoms with van der Waals surface area (Å²) in [6.45, 7) is 0. The van der Waals surface area contributed by atoms with Crippen molar-refractivity contribution in [3.63, 3.8) is 0 Å². The maximum atomic E-state index is 12.8. The van der Waals surface area contributed by atoms with Crippen molar-refractivity contribution in [2.75, 3.05) is 12.5 Å². The Labute approximate surface area is 122 Å². The van der Waals surface area contributed by atoms with Gasteiger partial charge in [-0.05, 0) is 12.1 Å². The average molecular weight is 316 g/mol. The molecule has 0 saturated carbocycles. The van der Waals surface area contributed by atoms with Gasteiger partial charge in [-0.2, -0.15) is 13.2 Å². The van der Waals surface area contributed by atoms with Crippen LogP contribution in [0.3, 0.4) is 0 Å². The number of nitrogen functional groups attached to an aromatic ring is 1. The first kappa shape index (κ1) is 15.4. The smallest absolute Gasteiger partial charge is 0.433 e. The number of anilines is 1. The number of hydrazine groups is 1. The molecule has 0 aliphatic heterocycles. The van der Waals surface area contributed by atoms with Gasteiger partial charge in [0.25, 0.3) is 0 Å². The fourth-order valence-corrected chi connectivity index (χ4v) is 2.43. The summed E-state index contributed by atoms with van der Waals surface area (Å²) >= 11 is 1.03. The van der Waals surface area contributed by atoms with Gasteiger partial charge in [-0.15, -0.1) is 0 Å². The number of hydrogen-bond donors (Lipinski definition) is 2. The van der Waals surface area contributed by atoms with Gasteiger partial charge in [0.2, 0.25) is 5.95 Å². The number of rotatable bonds is 4. The van der Waals surface area contributed by atoms with E-state index in [0.717, 1.165) is 17.8 Å². The number of alkyl halides is 3. The molecule has 112 valence electrons. The molecule has 0 unspecified atom stereocenters. The number of nitrogens with two attached hydrogens (primary N) is 1. The second-order valence-electron chi connectivity index (χ2n) is 3.81. The fourth-order valence-electron chi connectivity index (χ4n) is 1.50. The molecule has 2 aromatic rings. The van der Waals surface area contributed by atoms with Gasteiger partial charge in [-0.3, -0.25) is 5.43 Å².